The first-order valence-corrected chi connectivity index (χ1v) is 8.78. The molecule has 0 unspecified atom stereocenters. The number of nitrogens with zero attached hydrogens (tertiary/aromatic N) is 1. The summed E-state index contributed by atoms with van der Waals surface area (Å²) in [7, 11) is -3.19. The van der Waals surface area contributed by atoms with Gasteiger partial charge in [0, 0.05) is 19.1 Å². The van der Waals surface area contributed by atoms with Crippen molar-refractivity contribution in [2.24, 2.45) is 11.1 Å². The molecule has 1 aliphatic heterocycles. The largest absolute Gasteiger partial charge is 0.387 e. The molecule has 0 atom stereocenters. The van der Waals surface area contributed by atoms with Crippen molar-refractivity contribution in [1.29, 1.82) is 5.41 Å². The molecule has 1 rings (SSSR count). The van der Waals surface area contributed by atoms with Crippen LogP contribution in [0.15, 0.2) is 0 Å². The molecule has 0 bridgehead atoms. The standard InChI is InChI=1S/C13H28N4O2S/c1-13(2,3)6-9-20(18,19)16-11-4-7-17(8-5-11)10-12(14)15/h11,16H,4-10H2,1-3H3,(H3,14,15). The maximum atomic E-state index is 12.0. The van der Waals surface area contributed by atoms with E-state index in [0.29, 0.717) is 13.0 Å². The van der Waals surface area contributed by atoms with Gasteiger partial charge >= 0.3 is 0 Å². The molecule has 0 amide bonds. The van der Waals surface area contributed by atoms with Gasteiger partial charge in [-0.05, 0) is 24.7 Å². The lowest BCUT2D eigenvalue weighted by Gasteiger charge is -2.32. The van der Waals surface area contributed by atoms with Gasteiger partial charge in [-0.2, -0.15) is 0 Å². The summed E-state index contributed by atoms with van der Waals surface area (Å²) in [4.78, 5) is 2.09. The zero-order chi connectivity index (χ0) is 15.4. The topological polar surface area (TPSA) is 99.3 Å². The molecule has 0 aromatic rings. The van der Waals surface area contributed by atoms with Gasteiger partial charge in [-0.1, -0.05) is 20.8 Å². The Morgan fingerprint density at radius 1 is 1.35 bits per heavy atom. The van der Waals surface area contributed by atoms with Gasteiger partial charge in [0.1, 0.15) is 5.84 Å². The highest BCUT2D eigenvalue weighted by atomic mass is 32.2. The number of hydrogen-bond acceptors (Lipinski definition) is 4. The second-order valence-electron chi connectivity index (χ2n) is 6.82. The van der Waals surface area contributed by atoms with Crippen molar-refractivity contribution in [3.05, 3.63) is 0 Å². The number of sulfonamides is 1. The van der Waals surface area contributed by atoms with Crippen LogP contribution in [0.25, 0.3) is 0 Å². The molecule has 20 heavy (non-hydrogen) atoms. The Morgan fingerprint density at radius 3 is 2.35 bits per heavy atom. The molecule has 7 heteroatoms. The smallest absolute Gasteiger partial charge is 0.211 e. The van der Waals surface area contributed by atoms with Crippen LogP contribution in [0.3, 0.4) is 0 Å². The van der Waals surface area contributed by atoms with Gasteiger partial charge in [-0.15, -0.1) is 0 Å². The minimum Gasteiger partial charge on any atom is -0.387 e. The lowest BCUT2D eigenvalue weighted by Crippen LogP contribution is -2.47. The fourth-order valence-electron chi connectivity index (χ4n) is 2.20. The number of piperidine rings is 1. The quantitative estimate of drug-likeness (QED) is 0.498. The summed E-state index contributed by atoms with van der Waals surface area (Å²) in [6, 6.07) is 0.0168. The van der Waals surface area contributed by atoms with E-state index in [0.717, 1.165) is 25.9 Å². The zero-order valence-corrected chi connectivity index (χ0v) is 13.6. The predicted octanol–water partition coefficient (Wildman–Crippen LogP) is 0.742. The van der Waals surface area contributed by atoms with E-state index in [2.05, 4.69) is 9.62 Å². The molecule has 0 aromatic carbocycles. The second kappa shape index (κ2) is 6.87. The third-order valence-corrected chi connectivity index (χ3v) is 4.88. The summed E-state index contributed by atoms with van der Waals surface area (Å²) < 4.78 is 26.9. The molecule has 1 fully saturated rings. The second-order valence-corrected chi connectivity index (χ2v) is 8.70. The van der Waals surface area contributed by atoms with Crippen LogP contribution < -0.4 is 10.5 Å². The van der Waals surface area contributed by atoms with Crippen molar-refractivity contribution >= 4 is 15.9 Å². The molecule has 118 valence electrons. The Balaban J connectivity index is 2.37. The number of likely N-dealkylation sites (tertiary alicyclic amines) is 1. The van der Waals surface area contributed by atoms with Crippen LogP contribution >= 0.6 is 0 Å². The summed E-state index contributed by atoms with van der Waals surface area (Å²) in [5.41, 5.74) is 5.40. The molecular weight excluding hydrogens is 276 g/mol. The highest BCUT2D eigenvalue weighted by molar-refractivity contribution is 7.89. The molecule has 1 aliphatic rings. The molecule has 4 N–H and O–H groups in total. The minimum atomic E-state index is -3.19. The fraction of sp³-hybridized carbons (Fsp3) is 0.923. The van der Waals surface area contributed by atoms with Crippen molar-refractivity contribution in [3.8, 4) is 0 Å². The molecule has 0 saturated carbocycles. The Labute approximate surface area is 122 Å². The SMILES string of the molecule is CC(C)(C)CCS(=O)(=O)NC1CCN(CC(=N)N)CC1. The molecule has 1 saturated heterocycles. The van der Waals surface area contributed by atoms with E-state index in [9.17, 15) is 8.42 Å². The van der Waals surface area contributed by atoms with Gasteiger partial charge in [-0.3, -0.25) is 10.3 Å². The first-order valence-electron chi connectivity index (χ1n) is 7.13. The molecule has 0 spiro atoms. The first-order chi connectivity index (χ1) is 9.07. The van der Waals surface area contributed by atoms with Gasteiger partial charge in [0.2, 0.25) is 10.0 Å². The third-order valence-electron chi connectivity index (χ3n) is 3.45. The van der Waals surface area contributed by atoms with Crippen LogP contribution in [-0.2, 0) is 10.0 Å². The Hall–Kier alpha value is -0.660. The van der Waals surface area contributed by atoms with Gasteiger partial charge in [0.05, 0.1) is 12.3 Å². The normalized spacial score (nSPS) is 19.1. The van der Waals surface area contributed by atoms with Crippen LogP contribution in [0.2, 0.25) is 0 Å². The average molecular weight is 304 g/mol. The Morgan fingerprint density at radius 2 is 1.90 bits per heavy atom. The van der Waals surface area contributed by atoms with E-state index < -0.39 is 10.0 Å². The van der Waals surface area contributed by atoms with Gasteiger partial charge in [0.15, 0.2) is 0 Å². The predicted molar refractivity (Wildman–Crippen MR) is 82.4 cm³/mol. The van der Waals surface area contributed by atoms with Crippen molar-refractivity contribution in [3.63, 3.8) is 0 Å². The monoisotopic (exact) mass is 304 g/mol. The molecule has 0 aromatic heterocycles. The van der Waals surface area contributed by atoms with E-state index in [-0.39, 0.29) is 23.0 Å². The Kier molecular flexibility index (Phi) is 5.97. The number of hydrogen-bond donors (Lipinski definition) is 3. The van der Waals surface area contributed by atoms with Crippen LogP contribution in [0.4, 0.5) is 0 Å². The summed E-state index contributed by atoms with van der Waals surface area (Å²) in [5.74, 6) is 0.346. The summed E-state index contributed by atoms with van der Waals surface area (Å²) in [6.45, 7) is 8.18. The van der Waals surface area contributed by atoms with Crippen LogP contribution in [-0.4, -0.2) is 50.6 Å². The Bertz CT molecular complexity index is 420. The molecule has 1 heterocycles. The van der Waals surface area contributed by atoms with Crippen LogP contribution in [0.5, 0.6) is 0 Å². The van der Waals surface area contributed by atoms with Crippen LogP contribution in [0.1, 0.15) is 40.0 Å². The maximum Gasteiger partial charge on any atom is 0.211 e. The number of amidine groups is 1. The van der Waals surface area contributed by atoms with Gasteiger partial charge in [-0.25, -0.2) is 13.1 Å². The van der Waals surface area contributed by atoms with E-state index in [1.54, 1.807) is 0 Å². The lowest BCUT2D eigenvalue weighted by atomic mass is 9.94. The fourth-order valence-corrected chi connectivity index (χ4v) is 3.95. The van der Waals surface area contributed by atoms with Crippen LogP contribution in [0, 0.1) is 10.8 Å². The van der Waals surface area contributed by atoms with Gasteiger partial charge in [0.25, 0.3) is 0 Å². The zero-order valence-electron chi connectivity index (χ0n) is 12.8. The minimum absolute atomic E-state index is 0.0168. The van der Waals surface area contributed by atoms with Crippen molar-refractivity contribution in [2.75, 3.05) is 25.4 Å². The first kappa shape index (κ1) is 17.4. The van der Waals surface area contributed by atoms with E-state index in [4.69, 9.17) is 11.1 Å². The maximum absolute atomic E-state index is 12.0. The summed E-state index contributed by atoms with van der Waals surface area (Å²) in [5, 5.41) is 7.26. The van der Waals surface area contributed by atoms with E-state index in [1.807, 2.05) is 20.8 Å². The third kappa shape index (κ3) is 7.21. The summed E-state index contributed by atoms with van der Waals surface area (Å²) in [6.07, 6.45) is 2.22. The van der Waals surface area contributed by atoms with Gasteiger partial charge < -0.3 is 5.73 Å². The van der Waals surface area contributed by atoms with E-state index >= 15 is 0 Å². The average Bonchev–Trinajstić information content (AvgIpc) is 2.28. The van der Waals surface area contributed by atoms with Crippen molar-refractivity contribution < 1.29 is 8.42 Å². The molecular formula is C13H28N4O2S. The highest BCUT2D eigenvalue weighted by Crippen LogP contribution is 2.19. The number of rotatable bonds is 6. The number of nitrogens with two attached hydrogens (primary N) is 1. The highest BCUT2D eigenvalue weighted by Gasteiger charge is 2.24. The summed E-state index contributed by atoms with van der Waals surface area (Å²) >= 11 is 0. The molecule has 0 radical (unpaired) electrons. The number of nitrogens with one attached hydrogen (secondary N) is 2. The van der Waals surface area contributed by atoms with Crippen molar-refractivity contribution in [1.82, 2.24) is 9.62 Å². The molecule has 6 nitrogen and oxygen atoms in total. The molecule has 0 aliphatic carbocycles. The van der Waals surface area contributed by atoms with E-state index in [1.165, 1.54) is 0 Å². The van der Waals surface area contributed by atoms with Crippen molar-refractivity contribution in [2.45, 2.75) is 46.1 Å². The lowest BCUT2D eigenvalue weighted by molar-refractivity contribution is 0.231.